The Kier molecular flexibility index (Phi) is 3.66. The summed E-state index contributed by atoms with van der Waals surface area (Å²) in [5.74, 6) is 0.959. The van der Waals surface area contributed by atoms with E-state index < -0.39 is 0 Å². The maximum absolute atomic E-state index is 6.18. The minimum atomic E-state index is 0.249. The van der Waals surface area contributed by atoms with Gasteiger partial charge in [-0.15, -0.1) is 11.8 Å². The van der Waals surface area contributed by atoms with Crippen LogP contribution in [0.3, 0.4) is 0 Å². The van der Waals surface area contributed by atoms with Crippen LogP contribution in [0.1, 0.15) is 25.7 Å². The van der Waals surface area contributed by atoms with Crippen LogP contribution in [-0.2, 0) is 0 Å². The Balaban J connectivity index is 1.87. The summed E-state index contributed by atoms with van der Waals surface area (Å²) in [5, 5.41) is 8.22. The van der Waals surface area contributed by atoms with E-state index in [1.165, 1.54) is 0 Å². The highest BCUT2D eigenvalue weighted by Gasteiger charge is 2.22. The van der Waals surface area contributed by atoms with Gasteiger partial charge >= 0.3 is 0 Å². The average molecular weight is 277 g/mol. The van der Waals surface area contributed by atoms with Crippen LogP contribution in [0.2, 0.25) is 0 Å². The number of fused-ring (bicyclic) bond motifs is 1. The SMILES string of the molecule is CSc1c(O[C@H]2CCC[C@@H](N)C2)ccc2[nH]ncc12. The third-order valence-corrected chi connectivity index (χ3v) is 4.53. The highest BCUT2D eigenvalue weighted by Crippen LogP contribution is 2.36. The molecule has 1 fully saturated rings. The summed E-state index contributed by atoms with van der Waals surface area (Å²) in [4.78, 5) is 1.16. The number of nitrogens with zero attached hydrogens (tertiary/aromatic N) is 1. The van der Waals surface area contributed by atoms with Gasteiger partial charge in [-0.1, -0.05) is 0 Å². The monoisotopic (exact) mass is 277 g/mol. The molecule has 1 aliphatic rings. The van der Waals surface area contributed by atoms with Crippen molar-refractivity contribution in [3.05, 3.63) is 18.3 Å². The summed E-state index contributed by atoms with van der Waals surface area (Å²) in [5.41, 5.74) is 7.08. The van der Waals surface area contributed by atoms with Gasteiger partial charge in [-0.25, -0.2) is 0 Å². The molecule has 1 heterocycles. The molecule has 1 aromatic carbocycles. The lowest BCUT2D eigenvalue weighted by molar-refractivity contribution is 0.141. The van der Waals surface area contributed by atoms with Crippen molar-refractivity contribution in [2.45, 2.75) is 42.7 Å². The zero-order chi connectivity index (χ0) is 13.2. The predicted octanol–water partition coefficient (Wildman–Crippen LogP) is 2.93. The van der Waals surface area contributed by atoms with Crippen LogP contribution in [-0.4, -0.2) is 28.6 Å². The number of rotatable bonds is 3. The Labute approximate surface area is 117 Å². The van der Waals surface area contributed by atoms with E-state index >= 15 is 0 Å². The van der Waals surface area contributed by atoms with E-state index in [4.69, 9.17) is 10.5 Å². The zero-order valence-electron chi connectivity index (χ0n) is 11.1. The number of nitrogens with two attached hydrogens (primary N) is 1. The fraction of sp³-hybridized carbons (Fsp3) is 0.500. The normalized spacial score (nSPS) is 23.7. The van der Waals surface area contributed by atoms with Crippen LogP contribution < -0.4 is 10.5 Å². The van der Waals surface area contributed by atoms with Gasteiger partial charge in [-0.3, -0.25) is 5.10 Å². The van der Waals surface area contributed by atoms with Gasteiger partial charge < -0.3 is 10.5 Å². The van der Waals surface area contributed by atoms with Crippen molar-refractivity contribution in [3.8, 4) is 5.75 Å². The van der Waals surface area contributed by atoms with E-state index in [1.807, 2.05) is 18.3 Å². The van der Waals surface area contributed by atoms with Gasteiger partial charge in [-0.2, -0.15) is 5.10 Å². The molecule has 0 unspecified atom stereocenters. The molecule has 1 aliphatic carbocycles. The van der Waals surface area contributed by atoms with E-state index in [1.54, 1.807) is 11.8 Å². The Hall–Kier alpha value is -1.20. The quantitative estimate of drug-likeness (QED) is 0.847. The maximum Gasteiger partial charge on any atom is 0.134 e. The smallest absolute Gasteiger partial charge is 0.134 e. The van der Waals surface area contributed by atoms with Gasteiger partial charge in [0.2, 0.25) is 0 Å². The maximum atomic E-state index is 6.18. The Bertz CT molecular complexity index is 569. The summed E-state index contributed by atoms with van der Waals surface area (Å²) in [6, 6.07) is 4.35. The third-order valence-electron chi connectivity index (χ3n) is 3.70. The predicted molar refractivity (Wildman–Crippen MR) is 78.7 cm³/mol. The van der Waals surface area contributed by atoms with Gasteiger partial charge in [0.1, 0.15) is 11.9 Å². The van der Waals surface area contributed by atoms with E-state index in [0.29, 0.717) is 0 Å². The van der Waals surface area contributed by atoms with Crippen molar-refractivity contribution < 1.29 is 4.74 Å². The van der Waals surface area contributed by atoms with Crippen molar-refractivity contribution in [1.29, 1.82) is 0 Å². The highest BCUT2D eigenvalue weighted by atomic mass is 32.2. The van der Waals surface area contributed by atoms with Crippen LogP contribution in [0, 0.1) is 0 Å². The van der Waals surface area contributed by atoms with Crippen molar-refractivity contribution >= 4 is 22.7 Å². The number of benzene rings is 1. The largest absolute Gasteiger partial charge is 0.489 e. The summed E-state index contributed by atoms with van der Waals surface area (Å²) >= 11 is 1.70. The second-order valence-corrected chi connectivity index (χ2v) is 5.91. The second kappa shape index (κ2) is 5.43. The molecule has 0 radical (unpaired) electrons. The molecular formula is C14H19N3OS. The first-order valence-corrected chi connectivity index (χ1v) is 7.92. The van der Waals surface area contributed by atoms with Crippen LogP contribution in [0.4, 0.5) is 0 Å². The third kappa shape index (κ3) is 2.58. The van der Waals surface area contributed by atoms with Crippen LogP contribution in [0.15, 0.2) is 23.2 Å². The van der Waals surface area contributed by atoms with Crippen LogP contribution >= 0.6 is 11.8 Å². The highest BCUT2D eigenvalue weighted by molar-refractivity contribution is 7.99. The number of aromatic nitrogens is 2. The minimum absolute atomic E-state index is 0.249. The van der Waals surface area contributed by atoms with E-state index in [-0.39, 0.29) is 12.1 Å². The van der Waals surface area contributed by atoms with E-state index in [2.05, 4.69) is 16.5 Å². The van der Waals surface area contributed by atoms with Gasteiger partial charge in [0.15, 0.2) is 0 Å². The number of hydrogen-bond acceptors (Lipinski definition) is 4. The molecule has 19 heavy (non-hydrogen) atoms. The molecule has 1 aromatic heterocycles. The number of hydrogen-bond donors (Lipinski definition) is 2. The lowest BCUT2D eigenvalue weighted by atomic mass is 9.93. The summed E-state index contributed by atoms with van der Waals surface area (Å²) < 4.78 is 6.18. The summed E-state index contributed by atoms with van der Waals surface area (Å²) in [7, 11) is 0. The van der Waals surface area contributed by atoms with Gasteiger partial charge in [0, 0.05) is 11.4 Å². The summed E-state index contributed by atoms with van der Waals surface area (Å²) in [6.45, 7) is 0. The molecule has 2 atom stereocenters. The topological polar surface area (TPSA) is 63.9 Å². The van der Waals surface area contributed by atoms with Crippen molar-refractivity contribution in [2.24, 2.45) is 5.73 Å². The number of thioether (sulfide) groups is 1. The molecular weight excluding hydrogens is 258 g/mol. The molecule has 3 N–H and O–H groups in total. The standard InChI is InChI=1S/C14H19N3OS/c1-19-14-11-8-16-17-12(11)5-6-13(14)18-10-4-2-3-9(15)7-10/h5-6,8-10H,2-4,7,15H2,1H3,(H,16,17)/t9-,10+/m1/s1. The number of H-pyrrole nitrogens is 1. The molecule has 0 saturated heterocycles. The molecule has 3 rings (SSSR count). The molecule has 5 heteroatoms. The van der Waals surface area contributed by atoms with Gasteiger partial charge in [0.05, 0.1) is 16.6 Å². The molecule has 0 spiro atoms. The van der Waals surface area contributed by atoms with Crippen molar-refractivity contribution in [1.82, 2.24) is 10.2 Å². The first-order chi connectivity index (χ1) is 9.28. The number of aromatic amines is 1. The van der Waals surface area contributed by atoms with Crippen molar-refractivity contribution in [2.75, 3.05) is 6.26 Å². The summed E-state index contributed by atoms with van der Waals surface area (Å²) in [6.07, 6.45) is 8.52. The Morgan fingerprint density at radius 2 is 2.32 bits per heavy atom. The average Bonchev–Trinajstić information content (AvgIpc) is 2.87. The molecule has 2 aromatic rings. The molecule has 1 saturated carbocycles. The molecule has 102 valence electrons. The second-order valence-electron chi connectivity index (χ2n) is 5.09. The lowest BCUT2D eigenvalue weighted by Crippen LogP contribution is -2.33. The molecule has 0 amide bonds. The van der Waals surface area contributed by atoms with Crippen LogP contribution in [0.5, 0.6) is 5.75 Å². The van der Waals surface area contributed by atoms with E-state index in [0.717, 1.165) is 47.2 Å². The molecule has 0 aliphatic heterocycles. The first-order valence-electron chi connectivity index (χ1n) is 6.70. The minimum Gasteiger partial charge on any atom is -0.489 e. The van der Waals surface area contributed by atoms with Crippen molar-refractivity contribution in [3.63, 3.8) is 0 Å². The lowest BCUT2D eigenvalue weighted by Gasteiger charge is -2.28. The fourth-order valence-corrected chi connectivity index (χ4v) is 3.44. The Morgan fingerprint density at radius 1 is 1.42 bits per heavy atom. The van der Waals surface area contributed by atoms with Gasteiger partial charge in [-0.05, 0) is 44.1 Å². The van der Waals surface area contributed by atoms with Gasteiger partial charge in [0.25, 0.3) is 0 Å². The first kappa shape index (κ1) is 12.8. The Morgan fingerprint density at radius 3 is 3.11 bits per heavy atom. The fourth-order valence-electron chi connectivity index (χ4n) is 2.74. The number of nitrogens with one attached hydrogen (secondary N) is 1. The zero-order valence-corrected chi connectivity index (χ0v) is 11.9. The van der Waals surface area contributed by atoms with E-state index in [9.17, 15) is 0 Å². The number of ether oxygens (including phenoxy) is 1. The molecule has 4 nitrogen and oxygen atoms in total. The molecule has 0 bridgehead atoms. The van der Waals surface area contributed by atoms with Crippen LogP contribution in [0.25, 0.3) is 10.9 Å².